The van der Waals surface area contributed by atoms with Crippen LogP contribution in [-0.2, 0) is 10.3 Å². The van der Waals surface area contributed by atoms with Crippen LogP contribution in [0.15, 0.2) is 28.9 Å². The second-order valence-electron chi connectivity index (χ2n) is 6.96. The molecular formula is C20H22N2O4. The molecule has 1 aromatic heterocycles. The lowest BCUT2D eigenvalue weighted by Gasteiger charge is -2.19. The number of carbonyl (C=O) groups is 3. The molecule has 1 fully saturated rings. The van der Waals surface area contributed by atoms with Crippen LogP contribution in [0.1, 0.15) is 45.3 Å². The lowest BCUT2D eigenvalue weighted by molar-refractivity contribution is -0.131. The summed E-state index contributed by atoms with van der Waals surface area (Å²) in [5.74, 6) is -0.422. The van der Waals surface area contributed by atoms with Crippen LogP contribution in [-0.4, -0.2) is 29.2 Å². The number of hydrogen-bond acceptors (Lipinski definition) is 4. The van der Waals surface area contributed by atoms with Crippen LogP contribution >= 0.6 is 0 Å². The van der Waals surface area contributed by atoms with Crippen molar-refractivity contribution >= 4 is 17.7 Å². The molecule has 1 aliphatic heterocycles. The Morgan fingerprint density at radius 3 is 2.46 bits per heavy atom. The van der Waals surface area contributed by atoms with Crippen molar-refractivity contribution in [2.75, 3.05) is 6.54 Å². The molecule has 1 atom stereocenters. The first kappa shape index (κ1) is 17.9. The van der Waals surface area contributed by atoms with Gasteiger partial charge in [0.25, 0.3) is 5.91 Å². The van der Waals surface area contributed by atoms with Crippen LogP contribution in [0.25, 0.3) is 0 Å². The van der Waals surface area contributed by atoms with E-state index in [9.17, 15) is 14.4 Å². The Kier molecular flexibility index (Phi) is 4.22. The summed E-state index contributed by atoms with van der Waals surface area (Å²) >= 11 is 0. The molecule has 0 spiro atoms. The first-order chi connectivity index (χ1) is 12.2. The number of nitrogens with zero attached hydrogens (tertiary/aromatic N) is 1. The van der Waals surface area contributed by atoms with Crippen molar-refractivity contribution in [3.8, 4) is 0 Å². The number of rotatable bonds is 4. The molecule has 1 aliphatic rings. The summed E-state index contributed by atoms with van der Waals surface area (Å²) in [5.41, 5.74) is 3.31. The number of urea groups is 1. The first-order valence-corrected chi connectivity index (χ1v) is 8.45. The first-order valence-electron chi connectivity index (χ1n) is 8.45. The minimum Gasteiger partial charge on any atom is -0.466 e. The van der Waals surface area contributed by atoms with Crippen molar-refractivity contribution in [2.24, 2.45) is 0 Å². The van der Waals surface area contributed by atoms with Gasteiger partial charge in [0.05, 0.1) is 12.8 Å². The summed E-state index contributed by atoms with van der Waals surface area (Å²) in [6, 6.07) is 4.50. The summed E-state index contributed by atoms with van der Waals surface area (Å²) in [6.07, 6.45) is 1.44. The monoisotopic (exact) mass is 354 g/mol. The molecule has 6 nitrogen and oxygen atoms in total. The fourth-order valence-electron chi connectivity index (χ4n) is 3.30. The SMILES string of the molecule is Cc1cc(C(=O)CN2C(=O)NC(C)(c3ccco3)C2=O)c(C)c(C)c1C. The average molecular weight is 354 g/mol. The molecule has 1 saturated heterocycles. The van der Waals surface area contributed by atoms with E-state index in [4.69, 9.17) is 4.42 Å². The Balaban J connectivity index is 1.89. The number of amides is 3. The van der Waals surface area contributed by atoms with Crippen LogP contribution in [0, 0.1) is 27.7 Å². The molecule has 6 heteroatoms. The zero-order valence-electron chi connectivity index (χ0n) is 15.6. The van der Waals surface area contributed by atoms with E-state index in [0.29, 0.717) is 11.3 Å². The number of furan rings is 1. The topological polar surface area (TPSA) is 79.6 Å². The number of nitrogens with one attached hydrogen (secondary N) is 1. The largest absolute Gasteiger partial charge is 0.466 e. The van der Waals surface area contributed by atoms with Gasteiger partial charge < -0.3 is 9.73 Å². The van der Waals surface area contributed by atoms with Gasteiger partial charge >= 0.3 is 6.03 Å². The van der Waals surface area contributed by atoms with Gasteiger partial charge in [-0.05, 0) is 75.1 Å². The second-order valence-corrected chi connectivity index (χ2v) is 6.96. The molecular weight excluding hydrogens is 332 g/mol. The predicted octanol–water partition coefficient (Wildman–Crippen LogP) is 3.16. The summed E-state index contributed by atoms with van der Waals surface area (Å²) in [4.78, 5) is 38.9. The second kappa shape index (κ2) is 6.12. The quantitative estimate of drug-likeness (QED) is 0.676. The number of Topliss-reactive ketones (excluding diaryl/α,β-unsaturated/α-hetero) is 1. The maximum atomic E-state index is 12.8. The molecule has 1 N–H and O–H groups in total. The van der Waals surface area contributed by atoms with E-state index < -0.39 is 17.5 Å². The lowest BCUT2D eigenvalue weighted by Crippen LogP contribution is -2.41. The molecule has 26 heavy (non-hydrogen) atoms. The predicted molar refractivity (Wildman–Crippen MR) is 96.0 cm³/mol. The number of aryl methyl sites for hydroxylation is 1. The fourth-order valence-corrected chi connectivity index (χ4v) is 3.30. The highest BCUT2D eigenvalue weighted by Gasteiger charge is 2.51. The highest BCUT2D eigenvalue weighted by atomic mass is 16.3. The van der Waals surface area contributed by atoms with Gasteiger partial charge in [-0.2, -0.15) is 0 Å². The fraction of sp³-hybridized carbons (Fsp3) is 0.350. The van der Waals surface area contributed by atoms with E-state index in [2.05, 4.69) is 5.32 Å². The Bertz CT molecular complexity index is 914. The molecule has 2 aromatic rings. The Labute approximate surface area is 152 Å². The smallest absolute Gasteiger partial charge is 0.325 e. The lowest BCUT2D eigenvalue weighted by atomic mass is 9.92. The molecule has 1 unspecified atom stereocenters. The highest BCUT2D eigenvalue weighted by molar-refractivity contribution is 6.11. The van der Waals surface area contributed by atoms with Crippen LogP contribution in [0.4, 0.5) is 4.79 Å². The summed E-state index contributed by atoms with van der Waals surface area (Å²) in [5, 5.41) is 2.63. The molecule has 3 rings (SSSR count). The number of ketones is 1. The standard InChI is InChI=1S/C20H22N2O4/c1-11-9-15(14(4)13(3)12(11)2)16(23)10-22-18(24)20(5,21-19(22)25)17-7-6-8-26-17/h6-9H,10H2,1-5H3,(H,21,25). The minimum atomic E-state index is -1.30. The van der Waals surface area contributed by atoms with Gasteiger partial charge in [-0.25, -0.2) is 4.79 Å². The van der Waals surface area contributed by atoms with Gasteiger partial charge in [0, 0.05) is 5.56 Å². The molecule has 0 aliphatic carbocycles. The molecule has 1 aromatic carbocycles. The summed E-state index contributed by atoms with van der Waals surface area (Å²) in [6.45, 7) is 9.08. The van der Waals surface area contributed by atoms with Crippen molar-refractivity contribution in [2.45, 2.75) is 40.2 Å². The number of benzene rings is 1. The Morgan fingerprint density at radius 1 is 1.15 bits per heavy atom. The van der Waals surface area contributed by atoms with Gasteiger partial charge in [0.1, 0.15) is 5.76 Å². The number of hydrogen-bond donors (Lipinski definition) is 1. The maximum absolute atomic E-state index is 12.8. The van der Waals surface area contributed by atoms with Crippen molar-refractivity contribution in [3.63, 3.8) is 0 Å². The van der Waals surface area contributed by atoms with E-state index in [1.54, 1.807) is 19.1 Å². The van der Waals surface area contributed by atoms with Crippen LogP contribution in [0.3, 0.4) is 0 Å². The Morgan fingerprint density at radius 2 is 1.85 bits per heavy atom. The summed E-state index contributed by atoms with van der Waals surface area (Å²) < 4.78 is 5.29. The van der Waals surface area contributed by atoms with Gasteiger partial charge in [-0.1, -0.05) is 0 Å². The molecule has 0 saturated carbocycles. The van der Waals surface area contributed by atoms with Gasteiger partial charge in [0.2, 0.25) is 0 Å². The highest BCUT2D eigenvalue weighted by Crippen LogP contribution is 2.29. The van der Waals surface area contributed by atoms with Gasteiger partial charge in [-0.15, -0.1) is 0 Å². The van der Waals surface area contributed by atoms with Crippen LogP contribution in [0.5, 0.6) is 0 Å². The Hall–Kier alpha value is -2.89. The third kappa shape index (κ3) is 2.62. The zero-order chi connectivity index (χ0) is 19.2. The molecule has 0 bridgehead atoms. The van der Waals surface area contributed by atoms with Crippen molar-refractivity contribution in [1.29, 1.82) is 0 Å². The van der Waals surface area contributed by atoms with Crippen LogP contribution in [0.2, 0.25) is 0 Å². The van der Waals surface area contributed by atoms with Crippen molar-refractivity contribution in [1.82, 2.24) is 10.2 Å². The molecule has 136 valence electrons. The van der Waals surface area contributed by atoms with Crippen molar-refractivity contribution in [3.05, 3.63) is 58.0 Å². The van der Waals surface area contributed by atoms with Gasteiger partial charge in [0.15, 0.2) is 11.3 Å². The number of imide groups is 1. The van der Waals surface area contributed by atoms with E-state index >= 15 is 0 Å². The normalized spacial score (nSPS) is 19.8. The van der Waals surface area contributed by atoms with E-state index in [1.165, 1.54) is 6.26 Å². The van der Waals surface area contributed by atoms with Crippen LogP contribution < -0.4 is 5.32 Å². The van der Waals surface area contributed by atoms with Crippen molar-refractivity contribution < 1.29 is 18.8 Å². The molecule has 3 amide bonds. The zero-order valence-corrected chi connectivity index (χ0v) is 15.6. The minimum absolute atomic E-state index is 0.263. The maximum Gasteiger partial charge on any atom is 0.325 e. The average Bonchev–Trinajstić information content (AvgIpc) is 3.21. The summed E-state index contributed by atoms with van der Waals surface area (Å²) in [7, 11) is 0. The third-order valence-electron chi connectivity index (χ3n) is 5.37. The third-order valence-corrected chi connectivity index (χ3v) is 5.37. The molecule has 2 heterocycles. The molecule has 0 radical (unpaired) electrons. The van der Waals surface area contributed by atoms with E-state index in [1.807, 2.05) is 33.8 Å². The van der Waals surface area contributed by atoms with Gasteiger partial charge in [-0.3, -0.25) is 14.5 Å². The van der Waals surface area contributed by atoms with E-state index in [0.717, 1.165) is 27.2 Å². The number of carbonyl (C=O) groups excluding carboxylic acids is 3. The van der Waals surface area contributed by atoms with E-state index in [-0.39, 0.29) is 12.3 Å².